The first-order valence-corrected chi connectivity index (χ1v) is 6.05. The molecule has 1 aromatic carbocycles. The lowest BCUT2D eigenvalue weighted by atomic mass is 10.1. The Morgan fingerprint density at radius 3 is 2.71 bits per heavy atom. The van der Waals surface area contributed by atoms with Crippen molar-refractivity contribution in [2.45, 2.75) is 13.8 Å². The highest BCUT2D eigenvalue weighted by molar-refractivity contribution is 7.16. The number of aromatic nitrogens is 1. The van der Waals surface area contributed by atoms with Crippen molar-refractivity contribution >= 4 is 17.6 Å². The van der Waals surface area contributed by atoms with Crippen molar-refractivity contribution in [3.05, 3.63) is 34.3 Å². The standard InChI is InChI=1S/C13H13NO2S/c1-8-10(5-4-6-11(8)16-3)13-14-9(2)12(7-15)17-13/h4-7H,1-3H3. The predicted molar refractivity (Wildman–Crippen MR) is 69.0 cm³/mol. The predicted octanol–water partition coefficient (Wildman–Crippen LogP) is 3.25. The van der Waals surface area contributed by atoms with E-state index >= 15 is 0 Å². The van der Waals surface area contributed by atoms with Gasteiger partial charge in [0.15, 0.2) is 6.29 Å². The molecule has 0 aliphatic heterocycles. The first-order chi connectivity index (χ1) is 8.17. The fourth-order valence-electron chi connectivity index (χ4n) is 1.70. The molecule has 0 radical (unpaired) electrons. The molecule has 0 spiro atoms. The molecule has 0 amide bonds. The van der Waals surface area contributed by atoms with Gasteiger partial charge in [-0.2, -0.15) is 0 Å². The van der Waals surface area contributed by atoms with Crippen LogP contribution in [0.5, 0.6) is 5.75 Å². The van der Waals surface area contributed by atoms with Gasteiger partial charge in [0.25, 0.3) is 0 Å². The van der Waals surface area contributed by atoms with E-state index in [1.165, 1.54) is 11.3 Å². The van der Waals surface area contributed by atoms with E-state index in [0.29, 0.717) is 4.88 Å². The third-order valence-electron chi connectivity index (χ3n) is 2.67. The maximum atomic E-state index is 10.8. The van der Waals surface area contributed by atoms with E-state index in [0.717, 1.165) is 33.9 Å². The molecule has 3 nitrogen and oxygen atoms in total. The number of hydrogen-bond donors (Lipinski definition) is 0. The van der Waals surface area contributed by atoms with Gasteiger partial charge in [0.1, 0.15) is 10.8 Å². The summed E-state index contributed by atoms with van der Waals surface area (Å²) in [6, 6.07) is 5.84. The highest BCUT2D eigenvalue weighted by Gasteiger charge is 2.12. The Hall–Kier alpha value is -1.68. The molecule has 4 heteroatoms. The van der Waals surface area contributed by atoms with Crippen LogP contribution in [0.1, 0.15) is 20.9 Å². The van der Waals surface area contributed by atoms with Crippen LogP contribution in [0, 0.1) is 13.8 Å². The van der Waals surface area contributed by atoms with Gasteiger partial charge in [-0.15, -0.1) is 11.3 Å². The van der Waals surface area contributed by atoms with Crippen molar-refractivity contribution in [3.8, 4) is 16.3 Å². The van der Waals surface area contributed by atoms with Gasteiger partial charge in [-0.3, -0.25) is 4.79 Å². The normalized spacial score (nSPS) is 10.3. The van der Waals surface area contributed by atoms with Gasteiger partial charge in [0, 0.05) is 11.1 Å². The Bertz CT molecular complexity index is 561. The van der Waals surface area contributed by atoms with Crippen LogP contribution in [0.2, 0.25) is 0 Å². The summed E-state index contributed by atoms with van der Waals surface area (Å²) >= 11 is 1.41. The largest absolute Gasteiger partial charge is 0.496 e. The maximum Gasteiger partial charge on any atom is 0.161 e. The van der Waals surface area contributed by atoms with Crippen molar-refractivity contribution in [3.63, 3.8) is 0 Å². The second-order valence-electron chi connectivity index (χ2n) is 3.72. The van der Waals surface area contributed by atoms with Crippen molar-refractivity contribution in [1.29, 1.82) is 0 Å². The van der Waals surface area contributed by atoms with Crippen LogP contribution in [0.25, 0.3) is 10.6 Å². The highest BCUT2D eigenvalue weighted by Crippen LogP contribution is 2.33. The Balaban J connectivity index is 2.56. The minimum Gasteiger partial charge on any atom is -0.496 e. The zero-order valence-electron chi connectivity index (χ0n) is 9.98. The summed E-state index contributed by atoms with van der Waals surface area (Å²) in [5, 5.41) is 0.862. The molecule has 0 N–H and O–H groups in total. The molecule has 1 heterocycles. The second-order valence-corrected chi connectivity index (χ2v) is 4.75. The lowest BCUT2D eigenvalue weighted by Gasteiger charge is -2.07. The van der Waals surface area contributed by atoms with Gasteiger partial charge in [-0.25, -0.2) is 4.98 Å². The number of ether oxygens (including phenoxy) is 1. The Labute approximate surface area is 104 Å². The van der Waals surface area contributed by atoms with E-state index < -0.39 is 0 Å². The van der Waals surface area contributed by atoms with Gasteiger partial charge >= 0.3 is 0 Å². The van der Waals surface area contributed by atoms with Gasteiger partial charge in [0.2, 0.25) is 0 Å². The highest BCUT2D eigenvalue weighted by atomic mass is 32.1. The molecular weight excluding hydrogens is 234 g/mol. The van der Waals surface area contributed by atoms with Crippen LogP contribution in [0.4, 0.5) is 0 Å². The van der Waals surface area contributed by atoms with Crippen molar-refractivity contribution in [2.24, 2.45) is 0 Å². The van der Waals surface area contributed by atoms with Crippen molar-refractivity contribution in [1.82, 2.24) is 4.98 Å². The van der Waals surface area contributed by atoms with E-state index in [4.69, 9.17) is 4.74 Å². The number of nitrogens with zero attached hydrogens (tertiary/aromatic N) is 1. The summed E-state index contributed by atoms with van der Waals surface area (Å²) < 4.78 is 5.28. The Kier molecular flexibility index (Phi) is 3.24. The number of rotatable bonds is 3. The summed E-state index contributed by atoms with van der Waals surface area (Å²) in [5.74, 6) is 0.836. The smallest absolute Gasteiger partial charge is 0.161 e. The van der Waals surface area contributed by atoms with E-state index in [9.17, 15) is 4.79 Å². The summed E-state index contributed by atoms with van der Waals surface area (Å²) in [6.45, 7) is 3.84. The van der Waals surface area contributed by atoms with Gasteiger partial charge < -0.3 is 4.74 Å². The summed E-state index contributed by atoms with van der Waals surface area (Å²) in [7, 11) is 1.65. The lowest BCUT2D eigenvalue weighted by Crippen LogP contribution is -1.89. The third-order valence-corrected chi connectivity index (χ3v) is 3.79. The summed E-state index contributed by atoms with van der Waals surface area (Å²) in [4.78, 5) is 15.9. The van der Waals surface area contributed by atoms with Crippen LogP contribution in [-0.4, -0.2) is 18.4 Å². The molecule has 17 heavy (non-hydrogen) atoms. The van der Waals surface area contributed by atoms with Gasteiger partial charge in [-0.05, 0) is 19.9 Å². The van der Waals surface area contributed by atoms with Crippen LogP contribution in [0.15, 0.2) is 18.2 Å². The van der Waals surface area contributed by atoms with Crippen molar-refractivity contribution in [2.75, 3.05) is 7.11 Å². The van der Waals surface area contributed by atoms with Crippen LogP contribution in [-0.2, 0) is 0 Å². The molecule has 0 saturated carbocycles. The number of thiazole rings is 1. The summed E-state index contributed by atoms with van der Waals surface area (Å²) in [6.07, 6.45) is 0.853. The number of aldehydes is 1. The molecule has 0 unspecified atom stereocenters. The minimum atomic E-state index is 0.683. The topological polar surface area (TPSA) is 39.2 Å². The van der Waals surface area contributed by atoms with E-state index in [-0.39, 0.29) is 0 Å². The average Bonchev–Trinajstić information content (AvgIpc) is 2.70. The lowest BCUT2D eigenvalue weighted by molar-refractivity contribution is 0.112. The van der Waals surface area contributed by atoms with Gasteiger partial charge in [-0.1, -0.05) is 12.1 Å². The zero-order valence-corrected chi connectivity index (χ0v) is 10.8. The number of methoxy groups -OCH3 is 1. The monoisotopic (exact) mass is 247 g/mol. The first-order valence-electron chi connectivity index (χ1n) is 5.24. The van der Waals surface area contributed by atoms with Crippen LogP contribution in [0.3, 0.4) is 0 Å². The Morgan fingerprint density at radius 2 is 2.12 bits per heavy atom. The fourth-order valence-corrected chi connectivity index (χ4v) is 2.66. The molecule has 2 aromatic rings. The molecule has 0 fully saturated rings. The molecular formula is C13H13NO2S. The first kappa shape index (κ1) is 11.8. The third kappa shape index (κ3) is 2.08. The molecule has 2 rings (SSSR count). The molecule has 0 aliphatic carbocycles. The number of benzene rings is 1. The van der Waals surface area contributed by atoms with E-state index in [1.54, 1.807) is 7.11 Å². The van der Waals surface area contributed by atoms with E-state index in [1.807, 2.05) is 32.0 Å². The van der Waals surface area contributed by atoms with Crippen LogP contribution < -0.4 is 4.74 Å². The summed E-state index contributed by atoms with van der Waals surface area (Å²) in [5.41, 5.74) is 2.84. The number of aryl methyl sites for hydroxylation is 1. The number of hydrogen-bond acceptors (Lipinski definition) is 4. The number of carbonyl (C=O) groups is 1. The quantitative estimate of drug-likeness (QED) is 0.781. The molecule has 0 aliphatic rings. The minimum absolute atomic E-state index is 0.683. The van der Waals surface area contributed by atoms with Crippen LogP contribution >= 0.6 is 11.3 Å². The molecule has 1 aromatic heterocycles. The van der Waals surface area contributed by atoms with Crippen molar-refractivity contribution < 1.29 is 9.53 Å². The molecule has 88 valence electrons. The van der Waals surface area contributed by atoms with Gasteiger partial charge in [0.05, 0.1) is 17.7 Å². The molecule has 0 atom stereocenters. The average molecular weight is 247 g/mol. The Morgan fingerprint density at radius 1 is 1.35 bits per heavy atom. The second kappa shape index (κ2) is 4.67. The zero-order chi connectivity index (χ0) is 12.4. The molecule has 0 bridgehead atoms. The molecule has 0 saturated heterocycles. The van der Waals surface area contributed by atoms with E-state index in [2.05, 4.69) is 4.98 Å². The fraction of sp³-hybridized carbons (Fsp3) is 0.231. The SMILES string of the molecule is COc1cccc(-c2nc(C)c(C=O)s2)c1C. The maximum absolute atomic E-state index is 10.8. The number of carbonyl (C=O) groups excluding carboxylic acids is 1.